The molecule has 0 spiro atoms. The van der Waals surface area contributed by atoms with Crippen molar-refractivity contribution < 1.29 is 4.39 Å². The third-order valence-electron chi connectivity index (χ3n) is 1.92. The molecule has 2 aromatic heterocycles. The molecular weight excluding hydrogens is 183 g/mol. The molecule has 0 atom stereocenters. The highest BCUT2D eigenvalue weighted by atomic mass is 19.1. The van der Waals surface area contributed by atoms with Crippen LogP contribution >= 0.6 is 0 Å². The number of halogens is 1. The van der Waals surface area contributed by atoms with E-state index in [1.54, 1.807) is 16.7 Å². The topological polar surface area (TPSA) is 67.2 Å². The largest absolute Gasteiger partial charge is 0.387 e. The van der Waals surface area contributed by atoms with Gasteiger partial charge in [-0.05, 0) is 12.1 Å². The second kappa shape index (κ2) is 3.10. The van der Waals surface area contributed by atoms with Crippen molar-refractivity contribution in [2.75, 3.05) is 0 Å². The summed E-state index contributed by atoms with van der Waals surface area (Å²) in [6.07, 6.45) is 3.21. The van der Waals surface area contributed by atoms with Crippen molar-refractivity contribution in [1.29, 1.82) is 5.41 Å². The predicted molar refractivity (Wildman–Crippen MR) is 50.8 cm³/mol. The lowest BCUT2D eigenvalue weighted by Crippen LogP contribution is -2.13. The number of amidine groups is 1. The van der Waals surface area contributed by atoms with E-state index in [2.05, 4.69) is 4.98 Å². The van der Waals surface area contributed by atoms with Crippen molar-refractivity contribution in [2.45, 2.75) is 6.42 Å². The van der Waals surface area contributed by atoms with Crippen LogP contribution in [0.4, 0.5) is 4.39 Å². The first-order valence-electron chi connectivity index (χ1n) is 4.11. The van der Waals surface area contributed by atoms with Crippen LogP contribution in [0.3, 0.4) is 0 Å². The van der Waals surface area contributed by atoms with Gasteiger partial charge < -0.3 is 10.1 Å². The van der Waals surface area contributed by atoms with Gasteiger partial charge in [0.25, 0.3) is 0 Å². The molecule has 0 amide bonds. The molecule has 2 heterocycles. The summed E-state index contributed by atoms with van der Waals surface area (Å²) in [4.78, 5) is 4.06. The molecular formula is C9H9FN4. The highest BCUT2D eigenvalue weighted by Gasteiger charge is 2.04. The summed E-state index contributed by atoms with van der Waals surface area (Å²) < 4.78 is 14.5. The maximum Gasteiger partial charge on any atom is 0.139 e. The molecule has 0 aliphatic heterocycles. The zero-order chi connectivity index (χ0) is 10.1. The second-order valence-electron chi connectivity index (χ2n) is 3.03. The highest BCUT2D eigenvalue weighted by molar-refractivity contribution is 5.79. The minimum Gasteiger partial charge on any atom is -0.387 e. The number of nitrogens with two attached hydrogens (primary N) is 1. The molecule has 0 unspecified atom stereocenters. The molecule has 0 saturated carbocycles. The van der Waals surface area contributed by atoms with Crippen molar-refractivity contribution in [1.82, 2.24) is 9.38 Å². The summed E-state index contributed by atoms with van der Waals surface area (Å²) in [5.74, 6) is -0.295. The Labute approximate surface area is 79.7 Å². The fraction of sp³-hybridized carbons (Fsp3) is 0.111. The Bertz CT molecular complexity index is 489. The first kappa shape index (κ1) is 8.68. The van der Waals surface area contributed by atoms with Gasteiger partial charge >= 0.3 is 0 Å². The van der Waals surface area contributed by atoms with Crippen LogP contribution in [0, 0.1) is 11.2 Å². The molecule has 5 heteroatoms. The van der Waals surface area contributed by atoms with Crippen LogP contribution < -0.4 is 5.73 Å². The van der Waals surface area contributed by atoms with Gasteiger partial charge in [-0.3, -0.25) is 5.41 Å². The molecule has 0 saturated heterocycles. The Morgan fingerprint density at radius 1 is 1.57 bits per heavy atom. The zero-order valence-corrected chi connectivity index (χ0v) is 7.37. The summed E-state index contributed by atoms with van der Waals surface area (Å²) >= 11 is 0. The molecule has 0 aromatic carbocycles. The van der Waals surface area contributed by atoms with Gasteiger partial charge in [-0.1, -0.05) is 0 Å². The molecule has 0 radical (unpaired) electrons. The third kappa shape index (κ3) is 1.44. The van der Waals surface area contributed by atoms with Crippen molar-refractivity contribution in [3.05, 3.63) is 36.0 Å². The number of imidazole rings is 1. The highest BCUT2D eigenvalue weighted by Crippen LogP contribution is 2.08. The van der Waals surface area contributed by atoms with Crippen LogP contribution in [0.25, 0.3) is 5.65 Å². The summed E-state index contributed by atoms with van der Waals surface area (Å²) in [6, 6.07) is 2.93. The normalized spacial score (nSPS) is 10.6. The fourth-order valence-electron chi connectivity index (χ4n) is 1.33. The molecule has 0 fully saturated rings. The predicted octanol–water partition coefficient (Wildman–Crippen LogP) is 0.952. The van der Waals surface area contributed by atoms with E-state index < -0.39 is 0 Å². The number of hydrogen-bond donors (Lipinski definition) is 2. The van der Waals surface area contributed by atoms with Gasteiger partial charge in [0.15, 0.2) is 0 Å². The van der Waals surface area contributed by atoms with Crippen LogP contribution in [-0.2, 0) is 6.42 Å². The van der Waals surface area contributed by atoms with E-state index in [0.29, 0.717) is 11.3 Å². The van der Waals surface area contributed by atoms with Gasteiger partial charge in [-0.2, -0.15) is 0 Å². The molecule has 3 N–H and O–H groups in total. The van der Waals surface area contributed by atoms with Crippen LogP contribution in [0.1, 0.15) is 5.69 Å². The first-order chi connectivity index (χ1) is 6.66. The fourth-order valence-corrected chi connectivity index (χ4v) is 1.33. The maximum absolute atomic E-state index is 12.9. The molecule has 0 aliphatic rings. The molecule has 2 aromatic rings. The van der Waals surface area contributed by atoms with Crippen LogP contribution in [0.5, 0.6) is 0 Å². The Balaban J connectivity index is 2.55. The van der Waals surface area contributed by atoms with E-state index in [4.69, 9.17) is 11.1 Å². The molecule has 2 rings (SSSR count). The number of rotatable bonds is 2. The summed E-state index contributed by atoms with van der Waals surface area (Å²) in [6.45, 7) is 0. The Kier molecular flexibility index (Phi) is 1.92. The van der Waals surface area contributed by atoms with Gasteiger partial charge in [0.2, 0.25) is 0 Å². The monoisotopic (exact) mass is 192 g/mol. The standard InChI is InChI=1S/C9H9FN4/c10-6-1-2-9-13-4-7(3-8(11)12)14(9)5-6/h1-2,4-5H,3H2,(H3,11,12). The average molecular weight is 192 g/mol. The Hall–Kier alpha value is -1.91. The molecule has 4 nitrogen and oxygen atoms in total. The van der Waals surface area contributed by atoms with Crippen LogP contribution in [-0.4, -0.2) is 15.2 Å². The minimum atomic E-state index is -0.333. The van der Waals surface area contributed by atoms with Gasteiger partial charge in [0.1, 0.15) is 11.5 Å². The Morgan fingerprint density at radius 2 is 2.36 bits per heavy atom. The van der Waals surface area contributed by atoms with E-state index in [0.717, 1.165) is 0 Å². The number of pyridine rings is 1. The molecule has 72 valence electrons. The van der Waals surface area contributed by atoms with E-state index in [9.17, 15) is 4.39 Å². The van der Waals surface area contributed by atoms with Crippen molar-refractivity contribution in [3.8, 4) is 0 Å². The third-order valence-corrected chi connectivity index (χ3v) is 1.92. The van der Waals surface area contributed by atoms with Crippen molar-refractivity contribution in [2.24, 2.45) is 5.73 Å². The summed E-state index contributed by atoms with van der Waals surface area (Å²) in [7, 11) is 0. The zero-order valence-electron chi connectivity index (χ0n) is 7.37. The quantitative estimate of drug-likeness (QED) is 0.549. The van der Waals surface area contributed by atoms with Crippen molar-refractivity contribution >= 4 is 11.5 Å². The number of fused-ring (bicyclic) bond motifs is 1. The van der Waals surface area contributed by atoms with Crippen LogP contribution in [0.15, 0.2) is 24.5 Å². The van der Waals surface area contributed by atoms with E-state index in [-0.39, 0.29) is 18.1 Å². The lowest BCUT2D eigenvalue weighted by molar-refractivity contribution is 0.618. The maximum atomic E-state index is 12.9. The van der Waals surface area contributed by atoms with Gasteiger partial charge in [-0.15, -0.1) is 0 Å². The first-order valence-corrected chi connectivity index (χ1v) is 4.11. The smallest absolute Gasteiger partial charge is 0.139 e. The lowest BCUT2D eigenvalue weighted by atomic mass is 10.3. The Morgan fingerprint density at radius 3 is 3.07 bits per heavy atom. The number of hydrogen-bond acceptors (Lipinski definition) is 2. The number of nitrogens with one attached hydrogen (secondary N) is 1. The molecule has 0 bridgehead atoms. The van der Waals surface area contributed by atoms with Crippen molar-refractivity contribution in [3.63, 3.8) is 0 Å². The van der Waals surface area contributed by atoms with Gasteiger partial charge in [-0.25, -0.2) is 9.37 Å². The van der Waals surface area contributed by atoms with E-state index in [1.807, 2.05) is 0 Å². The van der Waals surface area contributed by atoms with E-state index >= 15 is 0 Å². The molecule has 14 heavy (non-hydrogen) atoms. The van der Waals surface area contributed by atoms with E-state index in [1.165, 1.54) is 12.3 Å². The van der Waals surface area contributed by atoms with Gasteiger partial charge in [0, 0.05) is 18.8 Å². The lowest BCUT2D eigenvalue weighted by Gasteiger charge is -1.99. The number of aromatic nitrogens is 2. The van der Waals surface area contributed by atoms with Crippen LogP contribution in [0.2, 0.25) is 0 Å². The minimum absolute atomic E-state index is 0.0380. The number of nitrogens with zero attached hydrogens (tertiary/aromatic N) is 2. The summed E-state index contributed by atoms with van der Waals surface area (Å²) in [5.41, 5.74) is 6.63. The molecule has 0 aliphatic carbocycles. The summed E-state index contributed by atoms with van der Waals surface area (Å²) in [5, 5.41) is 7.14. The van der Waals surface area contributed by atoms with Gasteiger partial charge in [0.05, 0.1) is 11.5 Å². The SMILES string of the molecule is N=C(N)Cc1cnc2ccc(F)cn12. The second-order valence-corrected chi connectivity index (χ2v) is 3.03. The average Bonchev–Trinajstić information content (AvgIpc) is 2.47.